The maximum absolute atomic E-state index is 12.6. The van der Waals surface area contributed by atoms with Crippen molar-refractivity contribution in [2.75, 3.05) is 25.0 Å². The molecule has 0 unspecified atom stereocenters. The molecule has 0 aliphatic carbocycles. The predicted octanol–water partition coefficient (Wildman–Crippen LogP) is 3.56. The fourth-order valence-electron chi connectivity index (χ4n) is 4.25. The van der Waals surface area contributed by atoms with Gasteiger partial charge in [-0.3, -0.25) is 9.59 Å². The van der Waals surface area contributed by atoms with Crippen molar-refractivity contribution in [3.05, 3.63) is 65.0 Å². The number of nitrogens with zero attached hydrogens (tertiary/aromatic N) is 4. The molecule has 2 heterocycles. The molecule has 4 rings (SSSR count). The number of piperidine rings is 1. The molecule has 0 radical (unpaired) electrons. The van der Waals surface area contributed by atoms with Crippen molar-refractivity contribution >= 4 is 23.7 Å². The highest BCUT2D eigenvalue weighted by atomic mass is 16.5. The van der Waals surface area contributed by atoms with E-state index in [1.165, 1.54) is 12.3 Å². The lowest BCUT2D eigenvalue weighted by atomic mass is 9.96. The highest BCUT2D eigenvalue weighted by Crippen LogP contribution is 2.30. The second kappa shape index (κ2) is 11.5. The van der Waals surface area contributed by atoms with Gasteiger partial charge in [-0.15, -0.1) is 0 Å². The highest BCUT2D eigenvalue weighted by molar-refractivity contribution is 5.96. The van der Waals surface area contributed by atoms with Gasteiger partial charge in [0.1, 0.15) is 0 Å². The number of rotatable bonds is 8. The number of amides is 2. The van der Waals surface area contributed by atoms with Crippen LogP contribution in [0.5, 0.6) is 0 Å². The van der Waals surface area contributed by atoms with Crippen molar-refractivity contribution in [1.29, 1.82) is 10.7 Å². The van der Waals surface area contributed by atoms with Crippen LogP contribution in [0.3, 0.4) is 0 Å². The van der Waals surface area contributed by atoms with Crippen LogP contribution in [0.2, 0.25) is 0 Å². The monoisotopic (exact) mass is 499 g/mol. The van der Waals surface area contributed by atoms with E-state index in [-0.39, 0.29) is 30.3 Å². The quantitative estimate of drug-likeness (QED) is 0.401. The van der Waals surface area contributed by atoms with E-state index in [4.69, 9.17) is 15.2 Å². The summed E-state index contributed by atoms with van der Waals surface area (Å²) in [4.78, 5) is 31.3. The van der Waals surface area contributed by atoms with Gasteiger partial charge in [0.2, 0.25) is 17.6 Å². The van der Waals surface area contributed by atoms with Crippen LogP contribution >= 0.6 is 0 Å². The average molecular weight is 500 g/mol. The van der Waals surface area contributed by atoms with E-state index < -0.39 is 0 Å². The summed E-state index contributed by atoms with van der Waals surface area (Å²) in [5.41, 5.74) is 3.15. The molecule has 10 nitrogen and oxygen atoms in total. The molecule has 1 aliphatic rings. The lowest BCUT2D eigenvalue weighted by Crippen LogP contribution is -2.43. The summed E-state index contributed by atoms with van der Waals surface area (Å²) in [5, 5.41) is 26.7. The van der Waals surface area contributed by atoms with Gasteiger partial charge in [0, 0.05) is 53.6 Å². The molecule has 0 bridgehead atoms. The minimum Gasteiger partial charge on any atom is -0.382 e. The Labute approximate surface area is 215 Å². The van der Waals surface area contributed by atoms with Gasteiger partial charge in [-0.1, -0.05) is 23.4 Å². The molecule has 1 saturated heterocycles. The Balaban J connectivity index is 1.32. The van der Waals surface area contributed by atoms with Gasteiger partial charge in [-0.25, -0.2) is 0 Å². The van der Waals surface area contributed by atoms with Crippen molar-refractivity contribution in [2.24, 2.45) is 0 Å². The van der Waals surface area contributed by atoms with Crippen molar-refractivity contribution in [2.45, 2.75) is 38.6 Å². The number of benzene rings is 2. The number of hydrogen-bond acceptors (Lipinski definition) is 8. The van der Waals surface area contributed by atoms with Gasteiger partial charge in [0.05, 0.1) is 18.2 Å². The van der Waals surface area contributed by atoms with Crippen LogP contribution in [-0.2, 0) is 4.79 Å². The molecule has 3 N–H and O–H groups in total. The summed E-state index contributed by atoms with van der Waals surface area (Å²) in [6, 6.07) is 14.2. The molecule has 2 aromatic carbocycles. The van der Waals surface area contributed by atoms with E-state index in [1.807, 2.05) is 38.1 Å². The van der Waals surface area contributed by atoms with E-state index in [2.05, 4.69) is 20.8 Å². The first-order valence-electron chi connectivity index (χ1n) is 12.2. The molecule has 0 spiro atoms. The fourth-order valence-corrected chi connectivity index (χ4v) is 4.25. The van der Waals surface area contributed by atoms with E-state index in [1.54, 1.807) is 23.1 Å². The average Bonchev–Trinajstić information content (AvgIpc) is 3.41. The number of anilines is 1. The lowest BCUT2D eigenvalue weighted by molar-refractivity contribution is -0.131. The first-order valence-corrected chi connectivity index (χ1v) is 12.2. The van der Waals surface area contributed by atoms with Crippen molar-refractivity contribution in [3.8, 4) is 17.5 Å². The molecular formula is C27H29N7O3. The third kappa shape index (κ3) is 6.19. The summed E-state index contributed by atoms with van der Waals surface area (Å²) in [5.74, 6) is 0.523. The molecule has 0 saturated carbocycles. The largest absolute Gasteiger partial charge is 0.382 e. The van der Waals surface area contributed by atoms with Crippen molar-refractivity contribution < 1.29 is 14.1 Å². The predicted molar refractivity (Wildman–Crippen MR) is 138 cm³/mol. The minimum atomic E-state index is -0.390. The van der Waals surface area contributed by atoms with Gasteiger partial charge in [0.15, 0.2) is 0 Å². The van der Waals surface area contributed by atoms with Gasteiger partial charge < -0.3 is 25.5 Å². The molecule has 190 valence electrons. The van der Waals surface area contributed by atoms with E-state index in [0.29, 0.717) is 48.8 Å². The number of aromatic nitrogens is 2. The summed E-state index contributed by atoms with van der Waals surface area (Å²) < 4.78 is 5.57. The number of nitriles is 1. The van der Waals surface area contributed by atoms with Crippen LogP contribution in [0.15, 0.2) is 47.0 Å². The Bertz CT molecular complexity index is 1330. The zero-order chi connectivity index (χ0) is 26.4. The second-order valence-corrected chi connectivity index (χ2v) is 9.23. The Kier molecular flexibility index (Phi) is 7.93. The Morgan fingerprint density at radius 3 is 2.73 bits per heavy atom. The normalized spacial score (nSPS) is 13.7. The Hall–Kier alpha value is -4.52. The van der Waals surface area contributed by atoms with Crippen LogP contribution in [0, 0.1) is 16.7 Å². The molecule has 10 heteroatoms. The standard InChI is InChI=1S/C27H29N7O3/c1-17(2)31-23-13-20(6-7-22(23)15-29)25-32-27(37-33-25)19-8-10-34(11-9-19)24(35)16-30-26(36)21-5-3-4-18(12-21)14-28/h3-7,12-13,15,17,19,29,31H,8-11,16H2,1-2H3,(H,30,36). The van der Waals surface area contributed by atoms with Gasteiger partial charge in [-0.2, -0.15) is 10.2 Å². The summed E-state index contributed by atoms with van der Waals surface area (Å²) in [6.07, 6.45) is 2.67. The van der Waals surface area contributed by atoms with Crippen LogP contribution in [0.4, 0.5) is 5.69 Å². The van der Waals surface area contributed by atoms with E-state index in [0.717, 1.165) is 16.8 Å². The lowest BCUT2D eigenvalue weighted by Gasteiger charge is -2.30. The minimum absolute atomic E-state index is 0.0442. The van der Waals surface area contributed by atoms with E-state index in [9.17, 15) is 9.59 Å². The molecule has 1 fully saturated rings. The summed E-state index contributed by atoms with van der Waals surface area (Å²) in [7, 11) is 0. The third-order valence-electron chi connectivity index (χ3n) is 6.20. The first kappa shape index (κ1) is 25.6. The summed E-state index contributed by atoms with van der Waals surface area (Å²) in [6.45, 7) is 5.01. The van der Waals surface area contributed by atoms with Crippen LogP contribution in [0.25, 0.3) is 11.4 Å². The van der Waals surface area contributed by atoms with Gasteiger partial charge >= 0.3 is 0 Å². The Morgan fingerprint density at radius 1 is 1.24 bits per heavy atom. The zero-order valence-corrected chi connectivity index (χ0v) is 20.8. The van der Waals surface area contributed by atoms with Crippen LogP contribution in [0.1, 0.15) is 60.0 Å². The molecule has 0 atom stereocenters. The third-order valence-corrected chi connectivity index (χ3v) is 6.20. The topological polar surface area (TPSA) is 148 Å². The number of carbonyl (C=O) groups is 2. The molecular weight excluding hydrogens is 470 g/mol. The van der Waals surface area contributed by atoms with Crippen LogP contribution in [-0.4, -0.2) is 58.7 Å². The SMILES string of the molecule is CC(C)Nc1cc(-c2noc(C3CCN(C(=O)CNC(=O)c4cccc(C#N)c4)CC3)n2)ccc1C=N. The van der Waals surface area contributed by atoms with E-state index >= 15 is 0 Å². The number of nitrogens with one attached hydrogen (secondary N) is 3. The number of hydrogen-bond donors (Lipinski definition) is 3. The fraction of sp³-hybridized carbons (Fsp3) is 0.333. The van der Waals surface area contributed by atoms with Gasteiger partial charge in [0.25, 0.3) is 5.91 Å². The maximum atomic E-state index is 12.6. The Morgan fingerprint density at radius 2 is 2.03 bits per heavy atom. The van der Waals surface area contributed by atoms with Crippen LogP contribution < -0.4 is 10.6 Å². The first-order chi connectivity index (χ1) is 17.9. The van der Waals surface area contributed by atoms with Crippen molar-refractivity contribution in [3.63, 3.8) is 0 Å². The summed E-state index contributed by atoms with van der Waals surface area (Å²) >= 11 is 0. The maximum Gasteiger partial charge on any atom is 0.251 e. The molecule has 1 aliphatic heterocycles. The number of carbonyl (C=O) groups excluding carboxylic acids is 2. The molecule has 2 amide bonds. The number of likely N-dealkylation sites (tertiary alicyclic amines) is 1. The highest BCUT2D eigenvalue weighted by Gasteiger charge is 2.28. The van der Waals surface area contributed by atoms with Crippen molar-refractivity contribution in [1.82, 2.24) is 20.4 Å². The molecule has 1 aromatic heterocycles. The van der Waals surface area contributed by atoms with Gasteiger partial charge in [-0.05, 0) is 51.0 Å². The molecule has 37 heavy (non-hydrogen) atoms. The molecule has 3 aromatic rings. The smallest absolute Gasteiger partial charge is 0.251 e. The zero-order valence-electron chi connectivity index (χ0n) is 20.8. The second-order valence-electron chi connectivity index (χ2n) is 9.23.